The average molecular weight is 409 g/mol. The lowest BCUT2D eigenvalue weighted by Gasteiger charge is -2.45. The lowest BCUT2D eigenvalue weighted by Crippen LogP contribution is -2.47. The molecule has 1 unspecified atom stereocenters. The normalized spacial score (nSPS) is 18.1. The Bertz CT molecular complexity index is 919. The van der Waals surface area contributed by atoms with Gasteiger partial charge in [-0.15, -0.1) is 0 Å². The molecule has 0 saturated carbocycles. The van der Waals surface area contributed by atoms with Gasteiger partial charge in [-0.3, -0.25) is 9.80 Å². The van der Waals surface area contributed by atoms with E-state index in [4.69, 9.17) is 11.6 Å². The van der Waals surface area contributed by atoms with E-state index in [-0.39, 0.29) is 12.0 Å². The molecule has 4 heteroatoms. The molecule has 150 valence electrons. The van der Waals surface area contributed by atoms with Gasteiger partial charge in [0.1, 0.15) is 5.82 Å². The van der Waals surface area contributed by atoms with Gasteiger partial charge in [0.25, 0.3) is 0 Å². The second-order valence-electron chi connectivity index (χ2n) is 7.71. The quantitative estimate of drug-likeness (QED) is 0.496. The largest absolute Gasteiger partial charge is 0.280 e. The first-order valence-electron chi connectivity index (χ1n) is 10.1. The van der Waals surface area contributed by atoms with Crippen LogP contribution in [0.1, 0.15) is 34.8 Å². The SMILES string of the molecule is Cc1ccccc1C1N(Cc2ccccc2F)CCCN1Cc1ccccc1Cl. The van der Waals surface area contributed by atoms with E-state index in [1.165, 1.54) is 11.1 Å². The van der Waals surface area contributed by atoms with E-state index in [0.29, 0.717) is 6.54 Å². The summed E-state index contributed by atoms with van der Waals surface area (Å²) in [5, 5.41) is 0.794. The van der Waals surface area contributed by atoms with Crippen LogP contribution in [0, 0.1) is 12.7 Å². The van der Waals surface area contributed by atoms with Gasteiger partial charge in [-0.1, -0.05) is 72.3 Å². The van der Waals surface area contributed by atoms with E-state index in [9.17, 15) is 4.39 Å². The summed E-state index contributed by atoms with van der Waals surface area (Å²) in [4.78, 5) is 4.86. The third-order valence-electron chi connectivity index (χ3n) is 5.71. The minimum absolute atomic E-state index is 0.0841. The van der Waals surface area contributed by atoms with Gasteiger partial charge in [-0.2, -0.15) is 0 Å². The number of aryl methyl sites for hydroxylation is 1. The van der Waals surface area contributed by atoms with Crippen LogP contribution in [0.25, 0.3) is 0 Å². The van der Waals surface area contributed by atoms with Crippen LogP contribution < -0.4 is 0 Å². The number of rotatable bonds is 5. The molecule has 0 bridgehead atoms. The summed E-state index contributed by atoms with van der Waals surface area (Å²) >= 11 is 6.47. The van der Waals surface area contributed by atoms with Crippen LogP contribution in [0.4, 0.5) is 4.39 Å². The molecular formula is C25H26ClFN2. The van der Waals surface area contributed by atoms with Gasteiger partial charge in [0, 0.05) is 36.8 Å². The molecular weight excluding hydrogens is 383 g/mol. The molecule has 1 fully saturated rings. The zero-order valence-corrected chi connectivity index (χ0v) is 17.4. The Hall–Kier alpha value is -2.20. The van der Waals surface area contributed by atoms with E-state index < -0.39 is 0 Å². The molecule has 4 rings (SSSR count). The van der Waals surface area contributed by atoms with Crippen LogP contribution in [0.3, 0.4) is 0 Å². The first kappa shape index (κ1) is 20.1. The standard InChI is InChI=1S/C25H26ClFN2/c1-19-9-2-5-12-22(19)25-28(17-20-10-3-6-13-23(20)26)15-8-16-29(25)18-21-11-4-7-14-24(21)27/h2-7,9-14,25H,8,15-18H2,1H3. The minimum atomic E-state index is -0.140. The van der Waals surface area contributed by atoms with Gasteiger partial charge in [0.05, 0.1) is 6.17 Å². The van der Waals surface area contributed by atoms with Gasteiger partial charge in [0.2, 0.25) is 0 Å². The van der Waals surface area contributed by atoms with Crippen molar-refractivity contribution in [2.24, 2.45) is 0 Å². The van der Waals surface area contributed by atoms with Gasteiger partial charge in [0.15, 0.2) is 0 Å². The Morgan fingerprint density at radius 2 is 1.41 bits per heavy atom. The first-order chi connectivity index (χ1) is 14.1. The predicted octanol–water partition coefficient (Wildman–Crippen LogP) is 6.19. The van der Waals surface area contributed by atoms with E-state index in [1.807, 2.05) is 30.3 Å². The van der Waals surface area contributed by atoms with Crippen molar-refractivity contribution in [2.45, 2.75) is 32.6 Å². The highest BCUT2D eigenvalue weighted by Gasteiger charge is 2.32. The summed E-state index contributed by atoms with van der Waals surface area (Å²) in [6.45, 7) is 5.43. The molecule has 0 radical (unpaired) electrons. The molecule has 0 aliphatic carbocycles. The molecule has 1 heterocycles. The van der Waals surface area contributed by atoms with Crippen molar-refractivity contribution in [1.29, 1.82) is 0 Å². The van der Waals surface area contributed by atoms with Crippen molar-refractivity contribution < 1.29 is 4.39 Å². The maximum absolute atomic E-state index is 14.4. The highest BCUT2D eigenvalue weighted by Crippen LogP contribution is 2.34. The van der Waals surface area contributed by atoms with Crippen LogP contribution in [-0.4, -0.2) is 22.9 Å². The molecule has 2 nitrogen and oxygen atoms in total. The summed E-state index contributed by atoms with van der Waals surface area (Å²) in [6, 6.07) is 23.6. The number of halogens is 2. The second-order valence-corrected chi connectivity index (χ2v) is 8.11. The molecule has 0 spiro atoms. The monoisotopic (exact) mass is 408 g/mol. The Balaban J connectivity index is 1.69. The molecule has 3 aromatic rings. The zero-order chi connectivity index (χ0) is 20.2. The van der Waals surface area contributed by atoms with Crippen molar-refractivity contribution in [1.82, 2.24) is 9.80 Å². The third kappa shape index (κ3) is 4.53. The smallest absolute Gasteiger partial charge is 0.127 e. The lowest BCUT2D eigenvalue weighted by atomic mass is 10.00. The maximum atomic E-state index is 14.4. The molecule has 0 aromatic heterocycles. The summed E-state index contributed by atoms with van der Waals surface area (Å²) in [7, 11) is 0. The third-order valence-corrected chi connectivity index (χ3v) is 6.08. The number of hydrogen-bond acceptors (Lipinski definition) is 2. The van der Waals surface area contributed by atoms with Crippen molar-refractivity contribution in [3.8, 4) is 0 Å². The van der Waals surface area contributed by atoms with Crippen molar-refractivity contribution in [2.75, 3.05) is 13.1 Å². The van der Waals surface area contributed by atoms with Gasteiger partial charge < -0.3 is 0 Å². The Kier molecular flexibility index (Phi) is 6.29. The fourth-order valence-electron chi connectivity index (χ4n) is 4.24. The summed E-state index contributed by atoms with van der Waals surface area (Å²) in [5.41, 5.74) is 4.39. The summed E-state index contributed by atoms with van der Waals surface area (Å²) in [5.74, 6) is -0.140. The zero-order valence-electron chi connectivity index (χ0n) is 16.7. The first-order valence-corrected chi connectivity index (χ1v) is 10.5. The van der Waals surface area contributed by atoms with Gasteiger partial charge in [-0.25, -0.2) is 4.39 Å². The molecule has 0 N–H and O–H groups in total. The van der Waals surface area contributed by atoms with Crippen LogP contribution in [0.15, 0.2) is 72.8 Å². The highest BCUT2D eigenvalue weighted by atomic mass is 35.5. The fourth-order valence-corrected chi connectivity index (χ4v) is 4.44. The minimum Gasteiger partial charge on any atom is -0.280 e. The molecule has 3 aromatic carbocycles. The molecule has 1 aliphatic rings. The molecule has 1 aliphatic heterocycles. The van der Waals surface area contributed by atoms with Crippen LogP contribution >= 0.6 is 11.6 Å². The predicted molar refractivity (Wildman–Crippen MR) is 117 cm³/mol. The Morgan fingerprint density at radius 1 is 0.828 bits per heavy atom. The molecule has 1 atom stereocenters. The summed E-state index contributed by atoms with van der Waals surface area (Å²) in [6.07, 6.45) is 1.13. The number of hydrogen-bond donors (Lipinski definition) is 0. The molecule has 29 heavy (non-hydrogen) atoms. The van der Waals surface area contributed by atoms with E-state index in [1.54, 1.807) is 12.1 Å². The highest BCUT2D eigenvalue weighted by molar-refractivity contribution is 6.31. The number of benzene rings is 3. The van der Waals surface area contributed by atoms with Crippen molar-refractivity contribution in [3.05, 3.63) is 106 Å². The van der Waals surface area contributed by atoms with Crippen molar-refractivity contribution >= 4 is 11.6 Å². The molecule has 0 amide bonds. The summed E-state index contributed by atoms with van der Waals surface area (Å²) < 4.78 is 14.4. The molecule has 1 saturated heterocycles. The van der Waals surface area contributed by atoms with E-state index >= 15 is 0 Å². The van der Waals surface area contributed by atoms with Crippen LogP contribution in [-0.2, 0) is 13.1 Å². The van der Waals surface area contributed by atoms with E-state index in [2.05, 4.69) is 47.1 Å². The maximum Gasteiger partial charge on any atom is 0.127 e. The Labute approximate surface area is 177 Å². The van der Waals surface area contributed by atoms with Crippen LogP contribution in [0.2, 0.25) is 5.02 Å². The lowest BCUT2D eigenvalue weighted by molar-refractivity contribution is -0.00998. The van der Waals surface area contributed by atoms with Gasteiger partial charge >= 0.3 is 0 Å². The topological polar surface area (TPSA) is 6.48 Å². The van der Waals surface area contributed by atoms with Gasteiger partial charge in [-0.05, 0) is 42.2 Å². The van der Waals surface area contributed by atoms with E-state index in [0.717, 1.165) is 42.2 Å². The van der Waals surface area contributed by atoms with Crippen molar-refractivity contribution in [3.63, 3.8) is 0 Å². The average Bonchev–Trinajstić information content (AvgIpc) is 2.72. The fraction of sp³-hybridized carbons (Fsp3) is 0.280. The van der Waals surface area contributed by atoms with Crippen LogP contribution in [0.5, 0.6) is 0 Å². The Morgan fingerprint density at radius 3 is 2.10 bits per heavy atom. The number of nitrogens with zero attached hydrogens (tertiary/aromatic N) is 2. The second kappa shape index (κ2) is 9.08.